The first-order valence-electron chi connectivity index (χ1n) is 7.53. The van der Waals surface area contributed by atoms with Crippen LogP contribution in [0.15, 0.2) is 24.3 Å². The summed E-state index contributed by atoms with van der Waals surface area (Å²) >= 11 is 0. The van der Waals surface area contributed by atoms with E-state index in [4.69, 9.17) is 9.47 Å². The molecule has 0 atom stereocenters. The number of benzene rings is 1. The molecule has 0 aliphatic carbocycles. The lowest BCUT2D eigenvalue weighted by molar-refractivity contribution is -0.134. The zero-order valence-corrected chi connectivity index (χ0v) is 14.0. The first-order valence-corrected chi connectivity index (χ1v) is 7.53. The van der Waals surface area contributed by atoms with Gasteiger partial charge in [-0.3, -0.25) is 4.79 Å². The first-order chi connectivity index (χ1) is 10.2. The molecule has 1 heterocycles. The van der Waals surface area contributed by atoms with Gasteiger partial charge in [-0.25, -0.2) is 0 Å². The molecule has 0 radical (unpaired) electrons. The Balaban J connectivity index is 0.00000242. The van der Waals surface area contributed by atoms with Crippen LogP contribution in [0.2, 0.25) is 0 Å². The standard InChI is InChI=1S/C16H24N2O3.ClH/c1-3-20-14-6-4-5-7-15(14)21-12-16(19)18(2)13-8-10-17-11-9-13;/h4-7,13,17H,3,8-12H2,1-2H3;1H. The van der Waals surface area contributed by atoms with Crippen molar-refractivity contribution in [2.75, 3.05) is 33.4 Å². The summed E-state index contributed by atoms with van der Waals surface area (Å²) in [5.74, 6) is 1.30. The summed E-state index contributed by atoms with van der Waals surface area (Å²) in [5, 5.41) is 3.30. The second kappa shape index (κ2) is 9.54. The molecule has 6 heteroatoms. The molecule has 0 bridgehead atoms. The van der Waals surface area contributed by atoms with Crippen LogP contribution >= 0.6 is 12.4 Å². The lowest BCUT2D eigenvalue weighted by atomic mass is 10.1. The van der Waals surface area contributed by atoms with E-state index in [0.29, 0.717) is 24.1 Å². The maximum Gasteiger partial charge on any atom is 0.260 e. The van der Waals surface area contributed by atoms with E-state index in [1.54, 1.807) is 0 Å². The van der Waals surface area contributed by atoms with Gasteiger partial charge in [-0.2, -0.15) is 0 Å². The average Bonchev–Trinajstić information content (AvgIpc) is 2.54. The summed E-state index contributed by atoms with van der Waals surface area (Å²) < 4.78 is 11.1. The molecule has 2 rings (SSSR count). The number of amides is 1. The molecule has 0 unspecified atom stereocenters. The molecule has 1 aliphatic rings. The van der Waals surface area contributed by atoms with E-state index in [-0.39, 0.29) is 24.9 Å². The number of nitrogens with zero attached hydrogens (tertiary/aromatic N) is 1. The van der Waals surface area contributed by atoms with E-state index in [1.165, 1.54) is 0 Å². The summed E-state index contributed by atoms with van der Waals surface area (Å²) in [6.45, 7) is 4.48. The maximum atomic E-state index is 12.2. The van der Waals surface area contributed by atoms with Gasteiger partial charge in [0.25, 0.3) is 5.91 Å². The predicted molar refractivity (Wildman–Crippen MR) is 89.0 cm³/mol. The number of carbonyl (C=O) groups excluding carboxylic acids is 1. The van der Waals surface area contributed by atoms with E-state index in [0.717, 1.165) is 25.9 Å². The van der Waals surface area contributed by atoms with Gasteiger partial charge in [0.05, 0.1) is 6.61 Å². The lowest BCUT2D eigenvalue weighted by Crippen LogP contribution is -2.45. The number of hydrogen-bond donors (Lipinski definition) is 1. The van der Waals surface area contributed by atoms with Crippen LogP contribution in [-0.4, -0.2) is 50.2 Å². The Labute approximate surface area is 138 Å². The predicted octanol–water partition coefficient (Wildman–Crippen LogP) is 2.10. The topological polar surface area (TPSA) is 50.8 Å². The Kier molecular flexibility index (Phi) is 8.06. The Hall–Kier alpha value is -1.46. The number of nitrogens with one attached hydrogen (secondary N) is 1. The molecule has 0 saturated carbocycles. The quantitative estimate of drug-likeness (QED) is 0.869. The van der Waals surface area contributed by atoms with Crippen molar-refractivity contribution in [1.82, 2.24) is 10.2 Å². The third-order valence-electron chi connectivity index (χ3n) is 3.75. The van der Waals surface area contributed by atoms with Crippen molar-refractivity contribution in [1.29, 1.82) is 0 Å². The molecule has 1 aromatic rings. The van der Waals surface area contributed by atoms with Gasteiger partial charge < -0.3 is 19.7 Å². The number of piperidine rings is 1. The van der Waals surface area contributed by atoms with E-state index in [1.807, 2.05) is 43.1 Å². The van der Waals surface area contributed by atoms with Crippen LogP contribution in [0.1, 0.15) is 19.8 Å². The van der Waals surface area contributed by atoms with Gasteiger partial charge in [0.2, 0.25) is 0 Å². The average molecular weight is 329 g/mol. The Morgan fingerprint density at radius 1 is 1.23 bits per heavy atom. The normalized spacial score (nSPS) is 14.8. The van der Waals surface area contributed by atoms with Crippen molar-refractivity contribution in [3.05, 3.63) is 24.3 Å². The summed E-state index contributed by atoms with van der Waals surface area (Å²) in [4.78, 5) is 14.0. The fraction of sp³-hybridized carbons (Fsp3) is 0.562. The number of likely N-dealkylation sites (N-methyl/N-ethyl adjacent to an activating group) is 1. The molecular weight excluding hydrogens is 304 g/mol. The first kappa shape index (κ1) is 18.6. The highest BCUT2D eigenvalue weighted by Gasteiger charge is 2.22. The Morgan fingerprint density at radius 3 is 2.41 bits per heavy atom. The van der Waals surface area contributed by atoms with Crippen molar-refractivity contribution < 1.29 is 14.3 Å². The number of para-hydroxylation sites is 2. The molecule has 1 aliphatic heterocycles. The highest BCUT2D eigenvalue weighted by molar-refractivity contribution is 5.85. The second-order valence-corrected chi connectivity index (χ2v) is 5.15. The SMILES string of the molecule is CCOc1ccccc1OCC(=O)N(C)C1CCNCC1.Cl. The summed E-state index contributed by atoms with van der Waals surface area (Å²) in [6.07, 6.45) is 2.00. The molecule has 1 fully saturated rings. The van der Waals surface area contributed by atoms with Crippen LogP contribution in [0.25, 0.3) is 0 Å². The van der Waals surface area contributed by atoms with Crippen molar-refractivity contribution in [3.8, 4) is 11.5 Å². The minimum absolute atomic E-state index is 0. The van der Waals surface area contributed by atoms with Crippen LogP contribution < -0.4 is 14.8 Å². The highest BCUT2D eigenvalue weighted by atomic mass is 35.5. The number of halogens is 1. The fourth-order valence-electron chi connectivity index (χ4n) is 2.48. The van der Waals surface area contributed by atoms with Crippen molar-refractivity contribution in [3.63, 3.8) is 0 Å². The highest BCUT2D eigenvalue weighted by Crippen LogP contribution is 2.26. The summed E-state index contributed by atoms with van der Waals surface area (Å²) in [6, 6.07) is 7.74. The molecule has 5 nitrogen and oxygen atoms in total. The molecule has 124 valence electrons. The zero-order chi connectivity index (χ0) is 15.1. The number of ether oxygens (including phenoxy) is 2. The molecule has 1 saturated heterocycles. The third-order valence-corrected chi connectivity index (χ3v) is 3.75. The van der Waals surface area contributed by atoms with Gasteiger partial charge >= 0.3 is 0 Å². The molecule has 22 heavy (non-hydrogen) atoms. The minimum Gasteiger partial charge on any atom is -0.490 e. The monoisotopic (exact) mass is 328 g/mol. The largest absolute Gasteiger partial charge is 0.490 e. The van der Waals surface area contributed by atoms with E-state index < -0.39 is 0 Å². The van der Waals surface area contributed by atoms with Gasteiger partial charge in [0.1, 0.15) is 0 Å². The number of carbonyl (C=O) groups is 1. The number of rotatable bonds is 6. The molecule has 1 aromatic carbocycles. The third kappa shape index (κ3) is 5.07. The van der Waals surface area contributed by atoms with Gasteiger partial charge in [0, 0.05) is 13.1 Å². The molecule has 1 amide bonds. The van der Waals surface area contributed by atoms with Crippen LogP contribution in [0.3, 0.4) is 0 Å². The van der Waals surface area contributed by atoms with Crippen molar-refractivity contribution in [2.45, 2.75) is 25.8 Å². The van der Waals surface area contributed by atoms with Gasteiger partial charge in [-0.05, 0) is 45.0 Å². The maximum absolute atomic E-state index is 12.2. The Bertz CT molecular complexity index is 464. The van der Waals surface area contributed by atoms with Crippen LogP contribution in [-0.2, 0) is 4.79 Å². The van der Waals surface area contributed by atoms with E-state index in [2.05, 4.69) is 5.32 Å². The van der Waals surface area contributed by atoms with Crippen LogP contribution in [0, 0.1) is 0 Å². The zero-order valence-electron chi connectivity index (χ0n) is 13.2. The van der Waals surface area contributed by atoms with Gasteiger partial charge in [0.15, 0.2) is 18.1 Å². The minimum atomic E-state index is 0. The van der Waals surface area contributed by atoms with Crippen molar-refractivity contribution >= 4 is 18.3 Å². The fourth-order valence-corrected chi connectivity index (χ4v) is 2.48. The molecule has 0 spiro atoms. The summed E-state index contributed by atoms with van der Waals surface area (Å²) in [5.41, 5.74) is 0. The Morgan fingerprint density at radius 2 is 1.82 bits per heavy atom. The molecular formula is C16H25ClN2O3. The van der Waals surface area contributed by atoms with Crippen LogP contribution in [0.5, 0.6) is 11.5 Å². The lowest BCUT2D eigenvalue weighted by Gasteiger charge is -2.31. The van der Waals surface area contributed by atoms with E-state index >= 15 is 0 Å². The smallest absolute Gasteiger partial charge is 0.260 e. The van der Waals surface area contributed by atoms with Crippen molar-refractivity contribution in [2.24, 2.45) is 0 Å². The molecule has 0 aromatic heterocycles. The van der Waals surface area contributed by atoms with E-state index in [9.17, 15) is 4.79 Å². The number of hydrogen-bond acceptors (Lipinski definition) is 4. The van der Waals surface area contributed by atoms with Gasteiger partial charge in [-0.1, -0.05) is 12.1 Å². The molecule has 1 N–H and O–H groups in total. The van der Waals surface area contributed by atoms with Crippen LogP contribution in [0.4, 0.5) is 0 Å². The summed E-state index contributed by atoms with van der Waals surface area (Å²) in [7, 11) is 1.86. The van der Waals surface area contributed by atoms with Gasteiger partial charge in [-0.15, -0.1) is 12.4 Å². The second-order valence-electron chi connectivity index (χ2n) is 5.15.